The van der Waals surface area contributed by atoms with Gasteiger partial charge in [0.15, 0.2) is 0 Å². The summed E-state index contributed by atoms with van der Waals surface area (Å²) in [6, 6.07) is 0.203. The quantitative estimate of drug-likeness (QED) is 0.747. The lowest BCUT2D eigenvalue weighted by Gasteiger charge is -2.22. The monoisotopic (exact) mass is 384 g/mol. The van der Waals surface area contributed by atoms with Crippen LogP contribution in [0.4, 0.5) is 0 Å². The lowest BCUT2D eigenvalue weighted by atomic mass is 9.91. The van der Waals surface area contributed by atoms with Gasteiger partial charge in [-0.25, -0.2) is 0 Å². The van der Waals surface area contributed by atoms with Gasteiger partial charge in [0, 0.05) is 56.5 Å². The van der Waals surface area contributed by atoms with Crippen LogP contribution < -0.4 is 5.32 Å². The Morgan fingerprint density at radius 3 is 2.73 bits per heavy atom. The van der Waals surface area contributed by atoms with Crippen LogP contribution >= 0.6 is 12.4 Å². The molecule has 0 radical (unpaired) electrons. The number of aryl methyl sites for hydroxylation is 1. The molecule has 1 aromatic heterocycles. The largest absolute Gasteiger partial charge is 0.372 e. The van der Waals surface area contributed by atoms with Gasteiger partial charge in [-0.05, 0) is 31.6 Å². The number of hydrogen-bond donors (Lipinski definition) is 1. The van der Waals surface area contributed by atoms with E-state index in [2.05, 4.69) is 36.2 Å². The molecule has 1 amide bonds. The summed E-state index contributed by atoms with van der Waals surface area (Å²) in [5.74, 6) is 1.72. The van der Waals surface area contributed by atoms with E-state index in [1.165, 1.54) is 24.1 Å². The molecule has 0 bridgehead atoms. The molecule has 1 N–H and O–H groups in total. The van der Waals surface area contributed by atoms with Crippen molar-refractivity contribution >= 4 is 18.3 Å². The Morgan fingerprint density at radius 1 is 1.38 bits per heavy atom. The second kappa shape index (κ2) is 9.20. The lowest BCUT2D eigenvalue weighted by Crippen LogP contribution is -2.43. The zero-order valence-electron chi connectivity index (χ0n) is 16.4. The van der Waals surface area contributed by atoms with Crippen molar-refractivity contribution in [1.82, 2.24) is 20.0 Å². The predicted octanol–water partition coefficient (Wildman–Crippen LogP) is 2.33. The van der Waals surface area contributed by atoms with Crippen molar-refractivity contribution in [2.75, 3.05) is 26.3 Å². The molecule has 26 heavy (non-hydrogen) atoms. The van der Waals surface area contributed by atoms with E-state index in [1.54, 1.807) is 0 Å². The number of halogens is 1. The van der Waals surface area contributed by atoms with Gasteiger partial charge in [-0.3, -0.25) is 14.4 Å². The molecule has 3 rings (SSSR count). The topological polar surface area (TPSA) is 59.4 Å². The fourth-order valence-electron chi connectivity index (χ4n) is 4.05. The Labute approximate surface area is 163 Å². The number of hydrogen-bond acceptors (Lipinski definition) is 4. The predicted molar refractivity (Wildman–Crippen MR) is 104 cm³/mol. The molecule has 1 aliphatic heterocycles. The lowest BCUT2D eigenvalue weighted by molar-refractivity contribution is -0.126. The Bertz CT molecular complexity index is 600. The normalized spacial score (nSPS) is 23.3. The van der Waals surface area contributed by atoms with E-state index in [1.807, 2.05) is 17.8 Å². The third kappa shape index (κ3) is 4.99. The second-order valence-corrected chi connectivity index (χ2v) is 7.87. The molecule has 7 heteroatoms. The number of amides is 1. The molecule has 148 valence electrons. The van der Waals surface area contributed by atoms with Gasteiger partial charge >= 0.3 is 0 Å². The number of likely N-dealkylation sites (tertiary alicyclic amines) is 1. The maximum Gasteiger partial charge on any atom is 0.246 e. The van der Waals surface area contributed by atoms with Gasteiger partial charge in [0.1, 0.15) is 6.61 Å². The minimum Gasteiger partial charge on any atom is -0.372 e. The van der Waals surface area contributed by atoms with E-state index in [9.17, 15) is 4.79 Å². The van der Waals surface area contributed by atoms with Crippen LogP contribution in [0.15, 0.2) is 6.20 Å². The van der Waals surface area contributed by atoms with Crippen LogP contribution in [0.5, 0.6) is 0 Å². The molecular weight excluding hydrogens is 352 g/mol. The van der Waals surface area contributed by atoms with Gasteiger partial charge in [0.05, 0.1) is 6.20 Å². The standard InChI is InChI=1S/C19H32N4O2.ClH/c1-5-25-12-18(24)21-17-11-23(10-16(17)13(2)3)9-15-8-20-22(4)19(15)14-6-7-14;/h8,13-14,16-17H,5-7,9-12H2,1-4H3,(H,21,24);1H/t16-,17+;/m1./s1. The Morgan fingerprint density at radius 2 is 2.12 bits per heavy atom. The van der Waals surface area contributed by atoms with E-state index in [0.29, 0.717) is 24.4 Å². The molecule has 2 fully saturated rings. The number of nitrogens with zero attached hydrogens (tertiary/aromatic N) is 3. The summed E-state index contributed by atoms with van der Waals surface area (Å²) in [7, 11) is 2.05. The highest BCUT2D eigenvalue weighted by Crippen LogP contribution is 2.41. The minimum absolute atomic E-state index is 0. The fraction of sp³-hybridized carbons (Fsp3) is 0.789. The summed E-state index contributed by atoms with van der Waals surface area (Å²) in [5, 5.41) is 7.67. The van der Waals surface area contributed by atoms with Crippen LogP contribution in [-0.4, -0.2) is 52.9 Å². The average Bonchev–Trinajstić information content (AvgIpc) is 3.22. The highest BCUT2D eigenvalue weighted by atomic mass is 35.5. The zero-order valence-corrected chi connectivity index (χ0v) is 17.2. The minimum atomic E-state index is -0.000558. The van der Waals surface area contributed by atoms with Crippen molar-refractivity contribution < 1.29 is 9.53 Å². The molecule has 0 unspecified atom stereocenters. The van der Waals surface area contributed by atoms with Crippen molar-refractivity contribution in [1.29, 1.82) is 0 Å². The number of nitrogens with one attached hydrogen (secondary N) is 1. The van der Waals surface area contributed by atoms with Gasteiger partial charge in [-0.1, -0.05) is 13.8 Å². The molecule has 0 aromatic carbocycles. The van der Waals surface area contributed by atoms with E-state index >= 15 is 0 Å². The van der Waals surface area contributed by atoms with Gasteiger partial charge in [-0.15, -0.1) is 12.4 Å². The average molecular weight is 385 g/mol. The van der Waals surface area contributed by atoms with Crippen LogP contribution in [0.2, 0.25) is 0 Å². The molecular formula is C19H33ClN4O2. The summed E-state index contributed by atoms with van der Waals surface area (Å²) < 4.78 is 7.28. The maximum absolute atomic E-state index is 12.1. The maximum atomic E-state index is 12.1. The highest BCUT2D eigenvalue weighted by Gasteiger charge is 2.37. The molecule has 6 nitrogen and oxygen atoms in total. The third-order valence-electron chi connectivity index (χ3n) is 5.50. The van der Waals surface area contributed by atoms with Crippen molar-refractivity contribution in [3.63, 3.8) is 0 Å². The molecule has 1 saturated carbocycles. The number of carbonyl (C=O) groups is 1. The molecule has 2 atom stereocenters. The van der Waals surface area contributed by atoms with Crippen LogP contribution in [0.25, 0.3) is 0 Å². The van der Waals surface area contributed by atoms with Crippen LogP contribution in [0.3, 0.4) is 0 Å². The van der Waals surface area contributed by atoms with E-state index < -0.39 is 0 Å². The SMILES string of the molecule is CCOCC(=O)N[C@H]1CN(Cc2cnn(C)c2C2CC2)C[C@@H]1C(C)C.Cl. The summed E-state index contributed by atoms with van der Waals surface area (Å²) in [4.78, 5) is 14.5. The fourth-order valence-corrected chi connectivity index (χ4v) is 4.05. The highest BCUT2D eigenvalue weighted by molar-refractivity contribution is 5.85. The molecule has 1 aromatic rings. The van der Waals surface area contributed by atoms with Gasteiger partial charge in [-0.2, -0.15) is 5.10 Å². The van der Waals surface area contributed by atoms with Crippen molar-refractivity contribution in [2.45, 2.75) is 52.1 Å². The Hall–Kier alpha value is -1.11. The summed E-state index contributed by atoms with van der Waals surface area (Å²) in [6.07, 6.45) is 4.60. The number of aromatic nitrogens is 2. The Balaban J connectivity index is 0.00000243. The van der Waals surface area contributed by atoms with Crippen LogP contribution in [0, 0.1) is 11.8 Å². The van der Waals surface area contributed by atoms with Gasteiger partial charge in [0.25, 0.3) is 0 Å². The number of rotatable bonds is 8. The number of carbonyl (C=O) groups excluding carboxylic acids is 1. The van der Waals surface area contributed by atoms with E-state index in [4.69, 9.17) is 4.74 Å². The molecule has 0 spiro atoms. The smallest absolute Gasteiger partial charge is 0.246 e. The summed E-state index contributed by atoms with van der Waals surface area (Å²) in [5.41, 5.74) is 2.76. The first kappa shape index (κ1) is 21.2. The van der Waals surface area contributed by atoms with Gasteiger partial charge in [0.2, 0.25) is 5.91 Å². The first-order valence-corrected chi connectivity index (χ1v) is 9.59. The first-order valence-electron chi connectivity index (χ1n) is 9.59. The van der Waals surface area contributed by atoms with Crippen LogP contribution in [-0.2, 0) is 23.1 Å². The second-order valence-electron chi connectivity index (χ2n) is 7.87. The van der Waals surface area contributed by atoms with Crippen molar-refractivity contribution in [3.8, 4) is 0 Å². The number of ether oxygens (including phenoxy) is 1. The van der Waals surface area contributed by atoms with Crippen LogP contribution in [0.1, 0.15) is 50.8 Å². The van der Waals surface area contributed by atoms with E-state index in [-0.39, 0.29) is 31.0 Å². The molecule has 2 aliphatic rings. The first-order chi connectivity index (χ1) is 12.0. The van der Waals surface area contributed by atoms with Crippen molar-refractivity contribution in [2.24, 2.45) is 18.9 Å². The summed E-state index contributed by atoms with van der Waals surface area (Å²) >= 11 is 0. The van der Waals surface area contributed by atoms with Crippen molar-refractivity contribution in [3.05, 3.63) is 17.5 Å². The summed E-state index contributed by atoms with van der Waals surface area (Å²) in [6.45, 7) is 9.99. The third-order valence-corrected chi connectivity index (χ3v) is 5.50. The van der Waals surface area contributed by atoms with E-state index in [0.717, 1.165) is 19.6 Å². The molecule has 1 aliphatic carbocycles. The molecule has 2 heterocycles. The Kier molecular flexibility index (Phi) is 7.50. The molecule has 1 saturated heterocycles. The zero-order chi connectivity index (χ0) is 18.0. The van der Waals surface area contributed by atoms with Gasteiger partial charge < -0.3 is 10.1 Å².